The second-order valence-corrected chi connectivity index (χ2v) is 5.50. The Kier molecular flexibility index (Phi) is 7.07. The van der Waals surface area contributed by atoms with Crippen LogP contribution in [0.4, 0.5) is 13.2 Å². The zero-order valence-corrected chi connectivity index (χ0v) is 14.5. The van der Waals surface area contributed by atoms with E-state index in [4.69, 9.17) is 4.74 Å². The quantitative estimate of drug-likeness (QED) is 0.607. The van der Waals surface area contributed by atoms with E-state index in [1.807, 2.05) is 24.3 Å². The molecule has 0 saturated carbocycles. The van der Waals surface area contributed by atoms with E-state index < -0.39 is 17.6 Å². The van der Waals surface area contributed by atoms with E-state index in [-0.39, 0.29) is 18.7 Å². The van der Waals surface area contributed by atoms with Gasteiger partial charge < -0.3 is 10.1 Å². The lowest BCUT2D eigenvalue weighted by atomic mass is 10.1. The van der Waals surface area contributed by atoms with Gasteiger partial charge in [0.15, 0.2) is 0 Å². The van der Waals surface area contributed by atoms with Crippen molar-refractivity contribution in [2.24, 2.45) is 0 Å². The van der Waals surface area contributed by atoms with Crippen LogP contribution in [0, 0.1) is 11.8 Å². The molecule has 0 atom stereocenters. The van der Waals surface area contributed by atoms with Crippen LogP contribution in [0.5, 0.6) is 5.75 Å². The zero-order valence-electron chi connectivity index (χ0n) is 14.5. The van der Waals surface area contributed by atoms with Gasteiger partial charge in [-0.2, -0.15) is 13.2 Å². The van der Waals surface area contributed by atoms with Gasteiger partial charge in [-0.15, -0.1) is 6.58 Å². The average molecular weight is 373 g/mol. The molecule has 0 fully saturated rings. The van der Waals surface area contributed by atoms with Gasteiger partial charge in [-0.05, 0) is 36.2 Å². The summed E-state index contributed by atoms with van der Waals surface area (Å²) >= 11 is 0. The molecule has 0 radical (unpaired) electrons. The minimum atomic E-state index is -4.49. The van der Waals surface area contributed by atoms with Crippen LogP contribution in [0.3, 0.4) is 0 Å². The van der Waals surface area contributed by atoms with Crippen LogP contribution >= 0.6 is 0 Å². The SMILES string of the molecule is C=CCc1ccccc1OCC#CCNC(=O)c1cccc(C(F)(F)F)c1. The van der Waals surface area contributed by atoms with Gasteiger partial charge in [-0.1, -0.05) is 42.2 Å². The highest BCUT2D eigenvalue weighted by Crippen LogP contribution is 2.29. The predicted octanol–water partition coefficient (Wildman–Crippen LogP) is 4.25. The van der Waals surface area contributed by atoms with Gasteiger partial charge in [0.2, 0.25) is 0 Å². The summed E-state index contributed by atoms with van der Waals surface area (Å²) in [6.45, 7) is 3.83. The molecule has 2 rings (SSSR count). The maximum Gasteiger partial charge on any atom is 0.416 e. The zero-order chi connectivity index (χ0) is 19.7. The van der Waals surface area contributed by atoms with E-state index in [1.165, 1.54) is 12.1 Å². The van der Waals surface area contributed by atoms with Crippen molar-refractivity contribution >= 4 is 5.91 Å². The lowest BCUT2D eigenvalue weighted by Gasteiger charge is -2.08. The lowest BCUT2D eigenvalue weighted by molar-refractivity contribution is -0.137. The highest BCUT2D eigenvalue weighted by Gasteiger charge is 2.30. The first kappa shape index (κ1) is 20.1. The first-order valence-corrected chi connectivity index (χ1v) is 8.14. The fourth-order valence-electron chi connectivity index (χ4n) is 2.26. The Bertz CT molecular complexity index is 863. The van der Waals surface area contributed by atoms with Crippen LogP contribution in [0.1, 0.15) is 21.5 Å². The monoisotopic (exact) mass is 373 g/mol. The molecule has 0 aliphatic rings. The largest absolute Gasteiger partial charge is 0.481 e. The molecule has 1 N–H and O–H groups in total. The second kappa shape index (κ2) is 9.48. The number of carbonyl (C=O) groups is 1. The molecule has 1 amide bonds. The highest BCUT2D eigenvalue weighted by atomic mass is 19.4. The summed E-state index contributed by atoms with van der Waals surface area (Å²) < 4.78 is 43.6. The smallest absolute Gasteiger partial charge is 0.416 e. The van der Waals surface area contributed by atoms with E-state index in [0.29, 0.717) is 12.2 Å². The second-order valence-electron chi connectivity index (χ2n) is 5.50. The number of para-hydroxylation sites is 1. The summed E-state index contributed by atoms with van der Waals surface area (Å²) in [7, 11) is 0. The van der Waals surface area contributed by atoms with Crippen molar-refractivity contribution in [3.8, 4) is 17.6 Å². The summed E-state index contributed by atoms with van der Waals surface area (Å²) in [6.07, 6.45) is -2.04. The van der Waals surface area contributed by atoms with Gasteiger partial charge in [-0.25, -0.2) is 0 Å². The number of halogens is 3. The van der Waals surface area contributed by atoms with Gasteiger partial charge >= 0.3 is 6.18 Å². The van der Waals surface area contributed by atoms with E-state index in [9.17, 15) is 18.0 Å². The van der Waals surface area contributed by atoms with E-state index in [1.54, 1.807) is 6.08 Å². The standard InChI is InChI=1S/C21H18F3NO2/c1-2-8-16-9-3-4-12-19(16)27-14-6-5-13-25-20(26)17-10-7-11-18(15-17)21(22,23)24/h2-4,7,9-12,15H,1,8,13-14H2,(H,25,26). The summed E-state index contributed by atoms with van der Waals surface area (Å²) in [5, 5.41) is 2.46. The van der Waals surface area contributed by atoms with Gasteiger partial charge in [0.05, 0.1) is 12.1 Å². The van der Waals surface area contributed by atoms with Gasteiger partial charge in [-0.3, -0.25) is 4.79 Å². The molecule has 2 aromatic rings. The van der Waals surface area contributed by atoms with E-state index in [2.05, 4.69) is 23.7 Å². The van der Waals surface area contributed by atoms with E-state index in [0.717, 1.165) is 17.7 Å². The maximum atomic E-state index is 12.7. The number of amides is 1. The third-order valence-electron chi connectivity index (χ3n) is 3.55. The van der Waals surface area contributed by atoms with Gasteiger partial charge in [0, 0.05) is 5.56 Å². The Balaban J connectivity index is 1.84. The Morgan fingerprint density at radius 3 is 2.67 bits per heavy atom. The van der Waals surface area contributed by atoms with Crippen molar-refractivity contribution in [1.82, 2.24) is 5.32 Å². The van der Waals surface area contributed by atoms with Crippen molar-refractivity contribution in [1.29, 1.82) is 0 Å². The molecule has 0 spiro atoms. The first-order chi connectivity index (χ1) is 12.9. The maximum absolute atomic E-state index is 12.7. The molecule has 0 saturated heterocycles. The Labute approximate surface area is 155 Å². The molecule has 0 aliphatic heterocycles. The molecule has 0 aromatic heterocycles. The number of benzene rings is 2. The molecule has 2 aromatic carbocycles. The fraction of sp³-hybridized carbons (Fsp3) is 0.190. The Hall–Kier alpha value is -3.20. The third kappa shape index (κ3) is 6.23. The fourth-order valence-corrected chi connectivity index (χ4v) is 2.26. The molecular weight excluding hydrogens is 355 g/mol. The van der Waals surface area contributed by atoms with Gasteiger partial charge in [0.25, 0.3) is 5.91 Å². The molecule has 0 bridgehead atoms. The van der Waals surface area contributed by atoms with Crippen molar-refractivity contribution in [2.45, 2.75) is 12.6 Å². The minimum absolute atomic E-state index is 0.00669. The van der Waals surface area contributed by atoms with Crippen LogP contribution in [-0.2, 0) is 12.6 Å². The van der Waals surface area contributed by atoms with Crippen molar-refractivity contribution < 1.29 is 22.7 Å². The van der Waals surface area contributed by atoms with Crippen molar-refractivity contribution in [3.05, 3.63) is 77.9 Å². The molecule has 3 nitrogen and oxygen atoms in total. The summed E-state index contributed by atoms with van der Waals surface area (Å²) in [5.41, 5.74) is 0.0567. The molecule has 140 valence electrons. The first-order valence-electron chi connectivity index (χ1n) is 8.14. The predicted molar refractivity (Wildman–Crippen MR) is 97.4 cm³/mol. The lowest BCUT2D eigenvalue weighted by Crippen LogP contribution is -2.24. The number of ether oxygens (including phenoxy) is 1. The Morgan fingerprint density at radius 2 is 1.93 bits per heavy atom. The van der Waals surface area contributed by atoms with E-state index >= 15 is 0 Å². The molecule has 0 heterocycles. The number of alkyl halides is 3. The van der Waals surface area contributed by atoms with Crippen molar-refractivity contribution in [2.75, 3.05) is 13.2 Å². The van der Waals surface area contributed by atoms with Crippen LogP contribution in [0.2, 0.25) is 0 Å². The Morgan fingerprint density at radius 1 is 1.15 bits per heavy atom. The molecule has 6 heteroatoms. The van der Waals surface area contributed by atoms with Crippen molar-refractivity contribution in [3.63, 3.8) is 0 Å². The van der Waals surface area contributed by atoms with Crippen LogP contribution in [-0.4, -0.2) is 19.1 Å². The number of carbonyl (C=O) groups excluding carboxylic acids is 1. The van der Waals surface area contributed by atoms with Crippen LogP contribution < -0.4 is 10.1 Å². The number of nitrogens with one attached hydrogen (secondary N) is 1. The number of rotatable bonds is 6. The topological polar surface area (TPSA) is 38.3 Å². The van der Waals surface area contributed by atoms with Gasteiger partial charge in [0.1, 0.15) is 12.4 Å². The minimum Gasteiger partial charge on any atom is -0.481 e. The number of allylic oxidation sites excluding steroid dienone is 1. The number of hydrogen-bond acceptors (Lipinski definition) is 2. The van der Waals surface area contributed by atoms with Crippen LogP contribution in [0.15, 0.2) is 61.2 Å². The third-order valence-corrected chi connectivity index (χ3v) is 3.55. The number of hydrogen-bond donors (Lipinski definition) is 1. The summed E-state index contributed by atoms with van der Waals surface area (Å²) in [6, 6.07) is 11.7. The van der Waals surface area contributed by atoms with Crippen LogP contribution in [0.25, 0.3) is 0 Å². The average Bonchev–Trinajstić information content (AvgIpc) is 2.65. The molecule has 0 unspecified atom stereocenters. The summed E-state index contributed by atoms with van der Waals surface area (Å²) in [5.74, 6) is 5.55. The normalized spacial score (nSPS) is 10.5. The molecular formula is C21H18F3NO2. The summed E-state index contributed by atoms with van der Waals surface area (Å²) in [4.78, 5) is 11.9. The highest BCUT2D eigenvalue weighted by molar-refractivity contribution is 5.94. The molecule has 0 aliphatic carbocycles. The molecule has 27 heavy (non-hydrogen) atoms.